The smallest absolute Gasteiger partial charge is 0.336 e. The first-order valence-corrected chi connectivity index (χ1v) is 8.04. The van der Waals surface area contributed by atoms with Crippen LogP contribution in [0.1, 0.15) is 30.6 Å². The number of halogens is 1. The van der Waals surface area contributed by atoms with Gasteiger partial charge in [0.25, 0.3) is 0 Å². The van der Waals surface area contributed by atoms with E-state index in [0.29, 0.717) is 4.47 Å². The van der Waals surface area contributed by atoms with Gasteiger partial charge >= 0.3 is 5.97 Å². The van der Waals surface area contributed by atoms with Crippen molar-refractivity contribution >= 4 is 31.9 Å². The number of carboxylic acid groups (broad SMARTS) is 1. The maximum Gasteiger partial charge on any atom is 0.336 e. The topological polar surface area (TPSA) is 104 Å². The van der Waals surface area contributed by atoms with Gasteiger partial charge in [0.1, 0.15) is 0 Å². The van der Waals surface area contributed by atoms with Crippen molar-refractivity contribution in [2.75, 3.05) is 6.61 Å². The van der Waals surface area contributed by atoms with E-state index in [4.69, 9.17) is 10.2 Å². The summed E-state index contributed by atoms with van der Waals surface area (Å²) < 4.78 is 27.2. The largest absolute Gasteiger partial charge is 0.478 e. The molecule has 0 fully saturated rings. The minimum atomic E-state index is -3.86. The first kappa shape index (κ1) is 17.1. The van der Waals surface area contributed by atoms with Gasteiger partial charge in [0, 0.05) is 16.6 Å². The molecule has 1 aromatic carbocycles. The maximum absolute atomic E-state index is 12.2. The number of rotatable bonds is 6. The molecule has 3 N–H and O–H groups in total. The summed E-state index contributed by atoms with van der Waals surface area (Å²) in [6.07, 6.45) is 0.245. The highest BCUT2D eigenvalue weighted by Gasteiger charge is 2.26. The molecule has 6 nitrogen and oxygen atoms in total. The van der Waals surface area contributed by atoms with Crippen LogP contribution in [0.25, 0.3) is 0 Å². The minimum absolute atomic E-state index is 0.132. The van der Waals surface area contributed by atoms with E-state index >= 15 is 0 Å². The third-order valence-corrected chi connectivity index (χ3v) is 5.01. The van der Waals surface area contributed by atoms with E-state index in [2.05, 4.69) is 20.7 Å². The number of hydrogen-bond acceptors (Lipinski definition) is 4. The lowest BCUT2D eigenvalue weighted by Crippen LogP contribution is -2.43. The van der Waals surface area contributed by atoms with Crippen molar-refractivity contribution in [3.8, 4) is 0 Å². The van der Waals surface area contributed by atoms with E-state index in [0.717, 1.165) is 6.07 Å². The molecule has 0 spiro atoms. The molecule has 0 atom stereocenters. The minimum Gasteiger partial charge on any atom is -0.478 e. The molecule has 0 aliphatic heterocycles. The average molecular weight is 366 g/mol. The van der Waals surface area contributed by atoms with Crippen LogP contribution in [0, 0.1) is 0 Å². The average Bonchev–Trinajstić information content (AvgIpc) is 2.26. The number of hydrogen-bond donors (Lipinski definition) is 3. The normalized spacial score (nSPS) is 12.4. The Morgan fingerprint density at radius 1 is 1.40 bits per heavy atom. The first-order valence-electron chi connectivity index (χ1n) is 5.77. The molecular weight excluding hydrogens is 350 g/mol. The van der Waals surface area contributed by atoms with E-state index in [1.54, 1.807) is 13.8 Å². The molecule has 0 radical (unpaired) electrons. The lowest BCUT2D eigenvalue weighted by atomic mass is 10.0. The molecule has 0 unspecified atom stereocenters. The third kappa shape index (κ3) is 4.27. The summed E-state index contributed by atoms with van der Waals surface area (Å²) in [6, 6.07) is 3.77. The molecule has 1 rings (SSSR count). The van der Waals surface area contributed by atoms with Crippen LogP contribution in [0.15, 0.2) is 27.6 Å². The quantitative estimate of drug-likeness (QED) is 0.709. The van der Waals surface area contributed by atoms with Gasteiger partial charge in [-0.3, -0.25) is 0 Å². The number of aliphatic hydroxyl groups excluding tert-OH is 1. The van der Waals surface area contributed by atoms with Crippen molar-refractivity contribution < 1.29 is 23.4 Å². The monoisotopic (exact) mass is 365 g/mol. The summed E-state index contributed by atoms with van der Waals surface area (Å²) in [5.74, 6) is -1.22. The number of benzene rings is 1. The highest BCUT2D eigenvalue weighted by molar-refractivity contribution is 9.10. The summed E-state index contributed by atoms with van der Waals surface area (Å²) in [5.41, 5.74) is -0.961. The summed E-state index contributed by atoms with van der Waals surface area (Å²) in [6.45, 7) is 3.12. The van der Waals surface area contributed by atoms with Gasteiger partial charge in [-0.05, 0) is 54.4 Å². The van der Waals surface area contributed by atoms with Crippen molar-refractivity contribution in [3.05, 3.63) is 28.2 Å². The van der Waals surface area contributed by atoms with Crippen LogP contribution < -0.4 is 4.72 Å². The molecule has 112 valence electrons. The predicted octanol–water partition coefficient (Wildman–Crippen LogP) is 1.59. The zero-order valence-electron chi connectivity index (χ0n) is 11.1. The van der Waals surface area contributed by atoms with Crippen molar-refractivity contribution in [1.82, 2.24) is 4.72 Å². The number of sulfonamides is 1. The third-order valence-electron chi connectivity index (χ3n) is 2.63. The molecule has 0 saturated carbocycles. The van der Waals surface area contributed by atoms with Crippen LogP contribution in [0.5, 0.6) is 0 Å². The summed E-state index contributed by atoms with van der Waals surface area (Å²) in [7, 11) is -3.86. The van der Waals surface area contributed by atoms with E-state index in [-0.39, 0.29) is 23.5 Å². The molecular formula is C12H16BrNO5S. The Labute approximate surface area is 126 Å². The Morgan fingerprint density at radius 3 is 2.50 bits per heavy atom. The number of nitrogens with one attached hydrogen (secondary N) is 1. The standard InChI is InChI=1S/C12H16BrNO5S/c1-12(2,5-6-15)14-20(18,19)8-3-4-10(13)9(7-8)11(16)17/h3-4,7,14-15H,5-6H2,1-2H3,(H,16,17). The maximum atomic E-state index is 12.2. The van der Waals surface area contributed by atoms with E-state index in [1.165, 1.54) is 12.1 Å². The second-order valence-corrected chi connectivity index (χ2v) is 7.45. The molecule has 20 heavy (non-hydrogen) atoms. The van der Waals surface area contributed by atoms with E-state index < -0.39 is 21.5 Å². The molecule has 0 bridgehead atoms. The molecule has 0 aliphatic rings. The highest BCUT2D eigenvalue weighted by Crippen LogP contribution is 2.22. The van der Waals surface area contributed by atoms with Crippen LogP contribution in [0.4, 0.5) is 0 Å². The molecule has 0 aliphatic carbocycles. The zero-order chi connectivity index (χ0) is 15.6. The fourth-order valence-corrected chi connectivity index (χ4v) is 3.47. The second-order valence-electron chi connectivity index (χ2n) is 4.91. The van der Waals surface area contributed by atoms with Gasteiger partial charge in [-0.2, -0.15) is 0 Å². The second kappa shape index (κ2) is 6.21. The highest BCUT2D eigenvalue weighted by atomic mass is 79.9. The van der Waals surface area contributed by atoms with Crippen molar-refractivity contribution in [3.63, 3.8) is 0 Å². The molecule has 8 heteroatoms. The van der Waals surface area contributed by atoms with Crippen LogP contribution in [0.3, 0.4) is 0 Å². The number of carboxylic acids is 1. The van der Waals surface area contributed by atoms with Gasteiger partial charge in [-0.1, -0.05) is 0 Å². The van der Waals surface area contributed by atoms with Gasteiger partial charge in [0.05, 0.1) is 10.5 Å². The Balaban J connectivity index is 3.17. The number of aromatic carboxylic acids is 1. The van der Waals surface area contributed by atoms with E-state index in [1.807, 2.05) is 0 Å². The van der Waals surface area contributed by atoms with Crippen molar-refractivity contribution in [2.45, 2.75) is 30.7 Å². The van der Waals surface area contributed by atoms with Gasteiger partial charge in [0.15, 0.2) is 0 Å². The fourth-order valence-electron chi connectivity index (χ4n) is 1.59. The van der Waals surface area contributed by atoms with Gasteiger partial charge in [-0.25, -0.2) is 17.9 Å². The fraction of sp³-hybridized carbons (Fsp3) is 0.417. The zero-order valence-corrected chi connectivity index (χ0v) is 13.5. The van der Waals surface area contributed by atoms with Crippen molar-refractivity contribution in [1.29, 1.82) is 0 Å². The van der Waals surface area contributed by atoms with Crippen LogP contribution in [-0.2, 0) is 10.0 Å². The number of carbonyl (C=O) groups is 1. The molecule has 0 amide bonds. The van der Waals surface area contributed by atoms with Crippen LogP contribution >= 0.6 is 15.9 Å². The number of aliphatic hydroxyl groups is 1. The Bertz CT molecular complexity index is 612. The Kier molecular flexibility index (Phi) is 5.31. The van der Waals surface area contributed by atoms with Crippen LogP contribution in [0.2, 0.25) is 0 Å². The summed E-state index contributed by atoms with van der Waals surface area (Å²) in [5, 5.41) is 17.9. The summed E-state index contributed by atoms with van der Waals surface area (Å²) >= 11 is 3.05. The molecule has 0 heterocycles. The van der Waals surface area contributed by atoms with Gasteiger partial charge < -0.3 is 10.2 Å². The SMILES string of the molecule is CC(C)(CCO)NS(=O)(=O)c1ccc(Br)c(C(=O)O)c1. The van der Waals surface area contributed by atoms with Crippen LogP contribution in [-0.4, -0.2) is 36.7 Å². The van der Waals surface area contributed by atoms with Gasteiger partial charge in [0.2, 0.25) is 10.0 Å². The molecule has 1 aromatic rings. The Morgan fingerprint density at radius 2 is 2.00 bits per heavy atom. The van der Waals surface area contributed by atoms with Gasteiger partial charge in [-0.15, -0.1) is 0 Å². The first-order chi connectivity index (χ1) is 9.09. The molecule has 0 saturated heterocycles. The van der Waals surface area contributed by atoms with Crippen molar-refractivity contribution in [2.24, 2.45) is 0 Å². The molecule has 0 aromatic heterocycles. The lowest BCUT2D eigenvalue weighted by Gasteiger charge is -2.25. The van der Waals surface area contributed by atoms with E-state index in [9.17, 15) is 13.2 Å². The predicted molar refractivity (Wildman–Crippen MR) is 77.2 cm³/mol. The lowest BCUT2D eigenvalue weighted by molar-refractivity contribution is 0.0695. The summed E-state index contributed by atoms with van der Waals surface area (Å²) in [4.78, 5) is 10.9. The Hall–Kier alpha value is -0.960.